The van der Waals surface area contributed by atoms with Crippen molar-refractivity contribution in [1.82, 2.24) is 0 Å². The number of aryl methyl sites for hydroxylation is 2. The summed E-state index contributed by atoms with van der Waals surface area (Å²) in [4.78, 5) is 0. The Hall–Kier alpha value is -3.68. The van der Waals surface area contributed by atoms with E-state index >= 15 is 0 Å². The van der Waals surface area contributed by atoms with Gasteiger partial charge < -0.3 is 0 Å². The predicted octanol–water partition coefficient (Wildman–Crippen LogP) is 9.52. The minimum Gasteiger partial charge on any atom is -0.135 e. The van der Waals surface area contributed by atoms with Crippen molar-refractivity contribution in [3.05, 3.63) is 130 Å². The molecule has 0 radical (unpaired) electrons. The monoisotopic (exact) mass is 478 g/mol. The Morgan fingerprint density at radius 1 is 0.556 bits per heavy atom. The van der Waals surface area contributed by atoms with Crippen molar-refractivity contribution in [2.75, 3.05) is 0 Å². The number of thiophene rings is 1. The average Bonchev–Trinajstić information content (AvgIpc) is 3.55. The fourth-order valence-electron chi connectivity index (χ4n) is 7.02. The van der Waals surface area contributed by atoms with Gasteiger partial charge in [0.2, 0.25) is 0 Å². The van der Waals surface area contributed by atoms with Gasteiger partial charge in [-0.2, -0.15) is 0 Å². The van der Waals surface area contributed by atoms with E-state index in [0.29, 0.717) is 0 Å². The van der Waals surface area contributed by atoms with Crippen LogP contribution < -0.4 is 0 Å². The van der Waals surface area contributed by atoms with Crippen LogP contribution >= 0.6 is 11.3 Å². The van der Waals surface area contributed by atoms with E-state index in [1.54, 1.807) is 0 Å². The lowest BCUT2D eigenvalue weighted by atomic mass is 9.70. The smallest absolute Gasteiger partial charge is 0.0725 e. The highest BCUT2D eigenvalue weighted by Crippen LogP contribution is 2.64. The Morgan fingerprint density at radius 3 is 1.94 bits per heavy atom. The first-order valence-corrected chi connectivity index (χ1v) is 13.9. The second-order valence-electron chi connectivity index (χ2n) is 10.2. The third-order valence-electron chi connectivity index (χ3n) is 8.63. The van der Waals surface area contributed by atoms with Gasteiger partial charge >= 0.3 is 0 Å². The van der Waals surface area contributed by atoms with E-state index in [9.17, 15) is 0 Å². The molecule has 8 rings (SSSR count). The van der Waals surface area contributed by atoms with Crippen molar-refractivity contribution in [1.29, 1.82) is 0 Å². The third-order valence-corrected chi connectivity index (χ3v) is 9.77. The molecular weight excluding hydrogens is 452 g/mol. The van der Waals surface area contributed by atoms with E-state index in [-0.39, 0.29) is 5.41 Å². The number of benzene rings is 5. The van der Waals surface area contributed by atoms with Gasteiger partial charge in [-0.25, -0.2) is 0 Å². The van der Waals surface area contributed by atoms with Crippen LogP contribution in [0.1, 0.15) is 47.2 Å². The summed E-state index contributed by atoms with van der Waals surface area (Å²) >= 11 is 1.92. The number of rotatable bonds is 2. The van der Waals surface area contributed by atoms with E-state index < -0.39 is 0 Å². The molecule has 0 saturated heterocycles. The lowest BCUT2D eigenvalue weighted by molar-refractivity contribution is 0.790. The summed E-state index contributed by atoms with van der Waals surface area (Å²) < 4.78 is 2.75. The molecule has 1 heteroatoms. The largest absolute Gasteiger partial charge is 0.135 e. The molecule has 2 aliphatic carbocycles. The Balaban J connectivity index is 1.61. The first-order chi connectivity index (χ1) is 17.8. The Kier molecular flexibility index (Phi) is 4.09. The van der Waals surface area contributed by atoms with E-state index in [4.69, 9.17) is 0 Å². The summed E-state index contributed by atoms with van der Waals surface area (Å²) in [5, 5.41) is 2.80. The van der Waals surface area contributed by atoms with Gasteiger partial charge in [-0.05, 0) is 80.6 Å². The van der Waals surface area contributed by atoms with Crippen LogP contribution in [0.5, 0.6) is 0 Å². The van der Waals surface area contributed by atoms with Crippen molar-refractivity contribution in [3.8, 4) is 22.3 Å². The molecule has 36 heavy (non-hydrogen) atoms. The van der Waals surface area contributed by atoms with Crippen molar-refractivity contribution in [2.24, 2.45) is 0 Å². The Bertz CT molecular complexity index is 1810. The van der Waals surface area contributed by atoms with Gasteiger partial charge in [0.1, 0.15) is 0 Å². The fourth-order valence-corrected chi connectivity index (χ4v) is 8.13. The van der Waals surface area contributed by atoms with Crippen molar-refractivity contribution in [3.63, 3.8) is 0 Å². The van der Waals surface area contributed by atoms with Crippen LogP contribution in [0.25, 0.3) is 42.4 Å². The first kappa shape index (κ1) is 20.5. The highest BCUT2D eigenvalue weighted by Gasteiger charge is 2.52. The molecule has 0 bridgehead atoms. The van der Waals surface area contributed by atoms with Crippen LogP contribution in [0.3, 0.4) is 0 Å². The predicted molar refractivity (Wildman–Crippen MR) is 154 cm³/mol. The quantitative estimate of drug-likeness (QED) is 0.232. The Morgan fingerprint density at radius 2 is 1.22 bits per heavy atom. The molecule has 1 spiro atoms. The molecule has 0 atom stereocenters. The number of fused-ring (bicyclic) bond motifs is 14. The molecular formula is C35H26S. The molecule has 0 N–H and O–H groups in total. The molecule has 0 saturated carbocycles. The molecule has 5 aromatic carbocycles. The van der Waals surface area contributed by atoms with E-state index in [1.165, 1.54) is 75.8 Å². The lowest BCUT2D eigenvalue weighted by Gasteiger charge is -2.31. The highest BCUT2D eigenvalue weighted by atomic mass is 32.1. The summed E-state index contributed by atoms with van der Waals surface area (Å²) in [6.07, 6.45) is 2.09. The summed E-state index contributed by atoms with van der Waals surface area (Å²) in [6.45, 7) is 4.53. The molecule has 2 aliphatic rings. The van der Waals surface area contributed by atoms with E-state index in [0.717, 1.165) is 12.8 Å². The van der Waals surface area contributed by atoms with E-state index in [2.05, 4.69) is 111 Å². The first-order valence-electron chi connectivity index (χ1n) is 13.1. The molecule has 172 valence electrons. The maximum Gasteiger partial charge on any atom is 0.0725 e. The number of hydrogen-bond donors (Lipinski definition) is 0. The average molecular weight is 479 g/mol. The van der Waals surface area contributed by atoms with Crippen molar-refractivity contribution in [2.45, 2.75) is 32.1 Å². The molecule has 1 heterocycles. The molecule has 0 fully saturated rings. The zero-order chi connectivity index (χ0) is 24.0. The van der Waals surface area contributed by atoms with Gasteiger partial charge in [-0.15, -0.1) is 11.3 Å². The summed E-state index contributed by atoms with van der Waals surface area (Å²) in [7, 11) is 0. The highest BCUT2D eigenvalue weighted by molar-refractivity contribution is 7.26. The van der Waals surface area contributed by atoms with Crippen molar-refractivity contribution >= 4 is 31.5 Å². The van der Waals surface area contributed by atoms with Gasteiger partial charge in [0.15, 0.2) is 0 Å². The second kappa shape index (κ2) is 7.18. The third kappa shape index (κ3) is 2.35. The van der Waals surface area contributed by atoms with Gasteiger partial charge in [-0.3, -0.25) is 0 Å². The lowest BCUT2D eigenvalue weighted by Crippen LogP contribution is -2.26. The standard InChI is InChI=1S/C35H26S/c1-3-21-13-15-23-24-16-14-22(4-2)20-30(24)35(29(23)19-21)27-11-7-5-9-25(27)33-28(35)17-18-32-34(33)26-10-6-8-12-31(26)36-32/h5-20H,3-4H2,1-2H3. The number of hydrogen-bond acceptors (Lipinski definition) is 1. The molecule has 0 nitrogen and oxygen atoms in total. The van der Waals surface area contributed by atoms with Crippen LogP contribution in [0.4, 0.5) is 0 Å². The van der Waals surface area contributed by atoms with Gasteiger partial charge in [0.05, 0.1) is 5.41 Å². The topological polar surface area (TPSA) is 0 Å². The van der Waals surface area contributed by atoms with Crippen LogP contribution in [-0.2, 0) is 18.3 Å². The van der Waals surface area contributed by atoms with E-state index in [1.807, 2.05) is 11.3 Å². The van der Waals surface area contributed by atoms with Crippen LogP contribution in [0.2, 0.25) is 0 Å². The molecule has 0 aliphatic heterocycles. The zero-order valence-electron chi connectivity index (χ0n) is 20.6. The summed E-state index contributed by atoms with van der Waals surface area (Å²) in [5.41, 5.74) is 13.9. The normalized spacial score (nSPS) is 14.3. The molecule has 0 unspecified atom stereocenters. The van der Waals surface area contributed by atoms with Crippen molar-refractivity contribution < 1.29 is 0 Å². The zero-order valence-corrected chi connectivity index (χ0v) is 21.4. The summed E-state index contributed by atoms with van der Waals surface area (Å²) in [5.74, 6) is 0. The van der Waals surface area contributed by atoms with Gasteiger partial charge in [0, 0.05) is 20.2 Å². The van der Waals surface area contributed by atoms with Gasteiger partial charge in [0.25, 0.3) is 0 Å². The van der Waals surface area contributed by atoms with Gasteiger partial charge in [-0.1, -0.05) is 98.8 Å². The fraction of sp³-hybridized carbons (Fsp3) is 0.143. The van der Waals surface area contributed by atoms with Crippen LogP contribution in [0, 0.1) is 0 Å². The molecule has 1 aromatic heterocycles. The SMILES string of the molecule is CCc1ccc2c(c1)C1(c3cc(CC)ccc3-2)c2ccccc2-c2c1ccc1sc3ccccc3c21. The van der Waals surface area contributed by atoms with Crippen LogP contribution in [-0.4, -0.2) is 0 Å². The van der Waals surface area contributed by atoms with Crippen LogP contribution in [0.15, 0.2) is 97.1 Å². The minimum absolute atomic E-state index is 0.274. The second-order valence-corrected chi connectivity index (χ2v) is 11.3. The molecule has 6 aromatic rings. The Labute approximate surface area is 215 Å². The summed E-state index contributed by atoms with van der Waals surface area (Å²) in [6, 6.07) is 37.4. The minimum atomic E-state index is -0.274. The molecule has 0 amide bonds. The maximum atomic E-state index is 2.50. The maximum absolute atomic E-state index is 2.50.